The van der Waals surface area contributed by atoms with Gasteiger partial charge in [0.05, 0.1) is 11.3 Å². The lowest BCUT2D eigenvalue weighted by molar-refractivity contribution is 0.454. The maximum Gasteiger partial charge on any atom is 0.341 e. The summed E-state index contributed by atoms with van der Waals surface area (Å²) in [5, 5.41) is 10.5. The standard InChI is InChI=1S/C13H13NO3/c1-14-7-3-5-9-11(14)8-4-2-6-10(15)12(8)17-13(9)16/h2,4,6,15H,3,5,7H2,1H3. The highest BCUT2D eigenvalue weighted by Gasteiger charge is 2.22. The number of nitrogens with zero attached hydrogens (tertiary/aromatic N) is 1. The number of phenols is 1. The molecule has 0 amide bonds. The molecular weight excluding hydrogens is 218 g/mol. The molecule has 1 aromatic heterocycles. The minimum absolute atomic E-state index is 0.0152. The largest absolute Gasteiger partial charge is 0.504 e. The Bertz CT molecular complexity index is 645. The summed E-state index contributed by atoms with van der Waals surface area (Å²) in [6.45, 7) is 0.918. The van der Waals surface area contributed by atoms with Crippen molar-refractivity contribution in [2.75, 3.05) is 18.5 Å². The van der Waals surface area contributed by atoms with E-state index in [0.29, 0.717) is 0 Å². The summed E-state index contributed by atoms with van der Waals surface area (Å²) >= 11 is 0. The predicted octanol–water partition coefficient (Wildman–Crippen LogP) is 1.88. The van der Waals surface area contributed by atoms with Gasteiger partial charge in [0.1, 0.15) is 0 Å². The third kappa shape index (κ3) is 1.40. The minimum atomic E-state index is -0.333. The Morgan fingerprint density at radius 2 is 2.24 bits per heavy atom. The zero-order chi connectivity index (χ0) is 12.0. The number of hydrogen-bond donors (Lipinski definition) is 1. The van der Waals surface area contributed by atoms with Crippen LogP contribution in [0.5, 0.6) is 5.75 Å². The zero-order valence-electron chi connectivity index (χ0n) is 9.56. The molecule has 17 heavy (non-hydrogen) atoms. The van der Waals surface area contributed by atoms with E-state index in [1.165, 1.54) is 6.07 Å². The second kappa shape index (κ2) is 3.52. The number of para-hydroxylation sites is 1. The van der Waals surface area contributed by atoms with Crippen molar-refractivity contribution in [2.45, 2.75) is 12.8 Å². The second-order valence-electron chi connectivity index (χ2n) is 4.40. The van der Waals surface area contributed by atoms with Gasteiger partial charge < -0.3 is 14.4 Å². The van der Waals surface area contributed by atoms with Gasteiger partial charge in [-0.3, -0.25) is 0 Å². The highest BCUT2D eigenvalue weighted by Crippen LogP contribution is 2.35. The molecule has 0 bridgehead atoms. The van der Waals surface area contributed by atoms with Crippen LogP contribution in [0.15, 0.2) is 27.4 Å². The van der Waals surface area contributed by atoms with Gasteiger partial charge >= 0.3 is 5.63 Å². The average Bonchev–Trinajstić information content (AvgIpc) is 2.31. The molecule has 0 spiro atoms. The number of aromatic hydroxyl groups is 1. The molecule has 88 valence electrons. The fourth-order valence-electron chi connectivity index (χ4n) is 2.49. The number of anilines is 1. The molecule has 1 N–H and O–H groups in total. The zero-order valence-corrected chi connectivity index (χ0v) is 9.56. The van der Waals surface area contributed by atoms with Crippen LogP contribution in [-0.2, 0) is 6.42 Å². The van der Waals surface area contributed by atoms with E-state index in [-0.39, 0.29) is 17.0 Å². The van der Waals surface area contributed by atoms with Crippen molar-refractivity contribution in [1.82, 2.24) is 0 Å². The molecule has 0 saturated heterocycles. The van der Waals surface area contributed by atoms with Gasteiger partial charge in [0, 0.05) is 19.0 Å². The van der Waals surface area contributed by atoms with Crippen molar-refractivity contribution < 1.29 is 9.52 Å². The third-order valence-electron chi connectivity index (χ3n) is 3.28. The number of fused-ring (bicyclic) bond motifs is 3. The normalized spacial score (nSPS) is 15.0. The molecule has 2 heterocycles. The van der Waals surface area contributed by atoms with Gasteiger partial charge in [0.25, 0.3) is 0 Å². The Kier molecular flexibility index (Phi) is 2.11. The molecule has 0 fully saturated rings. The molecule has 4 nitrogen and oxygen atoms in total. The van der Waals surface area contributed by atoms with E-state index >= 15 is 0 Å². The average molecular weight is 231 g/mol. The first-order chi connectivity index (χ1) is 8.18. The lowest BCUT2D eigenvalue weighted by Crippen LogP contribution is -2.28. The Morgan fingerprint density at radius 1 is 1.41 bits per heavy atom. The first-order valence-corrected chi connectivity index (χ1v) is 5.67. The lowest BCUT2D eigenvalue weighted by atomic mass is 10.0. The molecule has 0 saturated carbocycles. The van der Waals surface area contributed by atoms with Crippen LogP contribution in [0.3, 0.4) is 0 Å². The van der Waals surface area contributed by atoms with Crippen LogP contribution >= 0.6 is 0 Å². The molecule has 3 rings (SSSR count). The maximum absolute atomic E-state index is 11.9. The third-order valence-corrected chi connectivity index (χ3v) is 3.28. The fourth-order valence-corrected chi connectivity index (χ4v) is 2.49. The van der Waals surface area contributed by atoms with E-state index in [4.69, 9.17) is 4.42 Å². The summed E-state index contributed by atoms with van der Waals surface area (Å²) in [5.74, 6) is 0.0152. The van der Waals surface area contributed by atoms with Crippen molar-refractivity contribution in [3.05, 3.63) is 34.2 Å². The van der Waals surface area contributed by atoms with E-state index in [1.807, 2.05) is 13.1 Å². The van der Waals surface area contributed by atoms with Crippen LogP contribution in [0.2, 0.25) is 0 Å². The predicted molar refractivity (Wildman–Crippen MR) is 65.7 cm³/mol. The maximum atomic E-state index is 11.9. The topological polar surface area (TPSA) is 53.7 Å². The SMILES string of the molecule is CN1CCCc2c1c1cccc(O)c1oc2=O. The number of rotatable bonds is 0. The van der Waals surface area contributed by atoms with Gasteiger partial charge in [-0.05, 0) is 25.0 Å². The van der Waals surface area contributed by atoms with Gasteiger partial charge in [-0.25, -0.2) is 4.79 Å². The molecule has 1 aliphatic heterocycles. The van der Waals surface area contributed by atoms with Gasteiger partial charge in [0.15, 0.2) is 11.3 Å². The second-order valence-corrected chi connectivity index (χ2v) is 4.40. The first-order valence-electron chi connectivity index (χ1n) is 5.67. The smallest absolute Gasteiger partial charge is 0.341 e. The van der Waals surface area contributed by atoms with Crippen LogP contribution in [0.4, 0.5) is 5.69 Å². The highest BCUT2D eigenvalue weighted by molar-refractivity contribution is 5.95. The van der Waals surface area contributed by atoms with Gasteiger partial charge in [-0.15, -0.1) is 0 Å². The van der Waals surface area contributed by atoms with Crippen molar-refractivity contribution in [3.63, 3.8) is 0 Å². The van der Waals surface area contributed by atoms with Crippen LogP contribution < -0.4 is 10.5 Å². The molecule has 0 atom stereocenters. The fraction of sp³-hybridized carbons (Fsp3) is 0.308. The van der Waals surface area contributed by atoms with Crippen LogP contribution in [0.25, 0.3) is 11.0 Å². The summed E-state index contributed by atoms with van der Waals surface area (Å²) < 4.78 is 5.21. The monoisotopic (exact) mass is 231 g/mol. The Morgan fingerprint density at radius 3 is 3.06 bits per heavy atom. The summed E-state index contributed by atoms with van der Waals surface area (Å²) in [7, 11) is 1.96. The quantitative estimate of drug-likeness (QED) is 0.703. The van der Waals surface area contributed by atoms with Crippen molar-refractivity contribution >= 4 is 16.7 Å². The Labute approximate surface area is 98.1 Å². The van der Waals surface area contributed by atoms with Gasteiger partial charge in [-0.1, -0.05) is 6.07 Å². The van der Waals surface area contributed by atoms with Crippen molar-refractivity contribution in [3.8, 4) is 5.75 Å². The summed E-state index contributed by atoms with van der Waals surface area (Å²) in [4.78, 5) is 13.9. The van der Waals surface area contributed by atoms with E-state index in [1.54, 1.807) is 6.07 Å². The van der Waals surface area contributed by atoms with Crippen LogP contribution in [0, 0.1) is 0 Å². The molecule has 4 heteroatoms. The van der Waals surface area contributed by atoms with E-state index in [2.05, 4.69) is 4.90 Å². The minimum Gasteiger partial charge on any atom is -0.504 e. The highest BCUT2D eigenvalue weighted by atomic mass is 16.4. The van der Waals surface area contributed by atoms with E-state index in [9.17, 15) is 9.90 Å². The van der Waals surface area contributed by atoms with Crippen molar-refractivity contribution in [1.29, 1.82) is 0 Å². The van der Waals surface area contributed by atoms with Crippen LogP contribution in [0.1, 0.15) is 12.0 Å². The number of phenolic OH excluding ortho intramolecular Hbond substituents is 1. The summed E-state index contributed by atoms with van der Waals surface area (Å²) in [5.41, 5.74) is 1.57. The van der Waals surface area contributed by atoms with Crippen molar-refractivity contribution in [2.24, 2.45) is 0 Å². The Hall–Kier alpha value is -1.97. The number of benzene rings is 1. The molecular formula is C13H13NO3. The molecule has 2 aromatic rings. The molecule has 0 aliphatic carbocycles. The van der Waals surface area contributed by atoms with Crippen LogP contribution in [-0.4, -0.2) is 18.7 Å². The lowest BCUT2D eigenvalue weighted by Gasteiger charge is -2.27. The summed E-state index contributed by atoms with van der Waals surface area (Å²) in [6.07, 6.45) is 1.70. The molecule has 0 radical (unpaired) electrons. The molecule has 1 aromatic carbocycles. The Balaban J connectivity index is 2.48. The first kappa shape index (κ1) is 10.2. The van der Waals surface area contributed by atoms with E-state index in [0.717, 1.165) is 36.0 Å². The van der Waals surface area contributed by atoms with Gasteiger partial charge in [-0.2, -0.15) is 0 Å². The molecule has 1 aliphatic rings. The number of hydrogen-bond acceptors (Lipinski definition) is 4. The van der Waals surface area contributed by atoms with Gasteiger partial charge in [0.2, 0.25) is 0 Å². The molecule has 0 unspecified atom stereocenters. The van der Waals surface area contributed by atoms with E-state index < -0.39 is 0 Å². The summed E-state index contributed by atoms with van der Waals surface area (Å²) in [6, 6.07) is 5.17.